The van der Waals surface area contributed by atoms with Gasteiger partial charge in [0.25, 0.3) is 11.8 Å². The van der Waals surface area contributed by atoms with Gasteiger partial charge in [-0.15, -0.1) is 0 Å². The first-order chi connectivity index (χ1) is 17.6. The normalized spacial score (nSPS) is 24.3. The number of hydrogen-bond donors (Lipinski definition) is 2. The van der Waals surface area contributed by atoms with E-state index in [1.807, 2.05) is 6.92 Å². The molecule has 1 aromatic carbocycles. The Hall–Kier alpha value is -4.03. The van der Waals surface area contributed by atoms with Gasteiger partial charge in [-0.25, -0.2) is 13.2 Å². The second-order valence-corrected chi connectivity index (χ2v) is 9.40. The number of fused-ring (bicyclic) bond motifs is 5. The Bertz CT molecular complexity index is 1410. The van der Waals surface area contributed by atoms with Crippen LogP contribution in [-0.2, 0) is 16.1 Å². The van der Waals surface area contributed by atoms with Crippen LogP contribution in [0.2, 0.25) is 0 Å². The van der Waals surface area contributed by atoms with E-state index in [1.165, 1.54) is 11.7 Å². The Balaban J connectivity index is 1.54. The van der Waals surface area contributed by atoms with E-state index in [2.05, 4.69) is 10.5 Å². The van der Waals surface area contributed by atoms with Gasteiger partial charge in [-0.1, -0.05) is 5.16 Å². The van der Waals surface area contributed by atoms with Crippen LogP contribution < -0.4 is 10.7 Å². The molecular formula is C24H23F3N4O6. The quantitative estimate of drug-likeness (QED) is 0.599. The maximum absolute atomic E-state index is 14.0. The molecule has 3 aliphatic heterocycles. The second-order valence-electron chi connectivity index (χ2n) is 9.40. The Morgan fingerprint density at radius 3 is 2.70 bits per heavy atom. The highest BCUT2D eigenvalue weighted by atomic mass is 19.2. The minimum atomic E-state index is -1.38. The van der Waals surface area contributed by atoms with Gasteiger partial charge in [-0.05, 0) is 25.8 Å². The number of nitrogens with one attached hydrogen (secondary N) is 1. The molecule has 1 fully saturated rings. The van der Waals surface area contributed by atoms with Gasteiger partial charge in [0, 0.05) is 37.0 Å². The predicted molar refractivity (Wildman–Crippen MR) is 121 cm³/mol. The smallest absolute Gasteiger partial charge is 0.274 e. The second kappa shape index (κ2) is 8.82. The summed E-state index contributed by atoms with van der Waals surface area (Å²) in [6, 6.07) is 0.0829. The number of rotatable bonds is 3. The van der Waals surface area contributed by atoms with Crippen molar-refractivity contribution in [2.75, 3.05) is 13.7 Å². The molecule has 2 N–H and O–H groups in total. The Morgan fingerprint density at radius 2 is 2.00 bits per heavy atom. The standard InChI is InChI=1S/C24H23F3N4O6/c1-11-3-4-24(7-18(36-2)29-37-24)17-10-30(11)23(35)19-21(33)20(32)13(9-31(17)19)22(34)28-8-12-5-15(26)16(27)6-14(12)25/h5-6,9,11,17,33H,3-4,7-8,10H2,1-2H3,(H,28,34)/t11-,17+,24-/m0/s1. The maximum atomic E-state index is 14.0. The summed E-state index contributed by atoms with van der Waals surface area (Å²) in [7, 11) is 1.45. The summed E-state index contributed by atoms with van der Waals surface area (Å²) in [4.78, 5) is 46.5. The largest absolute Gasteiger partial charge is 0.503 e. The summed E-state index contributed by atoms with van der Waals surface area (Å²) in [6.45, 7) is 1.46. The molecule has 4 heterocycles. The van der Waals surface area contributed by atoms with Crippen molar-refractivity contribution in [1.29, 1.82) is 0 Å². The molecule has 0 radical (unpaired) electrons. The summed E-state index contributed by atoms with van der Waals surface area (Å²) >= 11 is 0. The van der Waals surface area contributed by atoms with Gasteiger partial charge < -0.3 is 29.5 Å². The molecule has 2 aromatic rings. The number of hydrogen-bond acceptors (Lipinski definition) is 7. The van der Waals surface area contributed by atoms with Crippen molar-refractivity contribution in [3.8, 4) is 5.75 Å². The lowest BCUT2D eigenvalue weighted by atomic mass is 9.85. The van der Waals surface area contributed by atoms with E-state index >= 15 is 0 Å². The average molecular weight is 520 g/mol. The van der Waals surface area contributed by atoms with E-state index in [1.54, 1.807) is 4.90 Å². The number of pyridine rings is 1. The fourth-order valence-electron chi connectivity index (χ4n) is 5.16. The van der Waals surface area contributed by atoms with Crippen molar-refractivity contribution in [2.24, 2.45) is 5.16 Å². The van der Waals surface area contributed by atoms with Crippen LogP contribution >= 0.6 is 0 Å². The molecule has 13 heteroatoms. The van der Waals surface area contributed by atoms with Crippen molar-refractivity contribution < 1.29 is 37.4 Å². The van der Waals surface area contributed by atoms with E-state index in [4.69, 9.17) is 9.57 Å². The number of aromatic hydroxyl groups is 1. The third-order valence-electron chi connectivity index (χ3n) is 7.29. The zero-order valence-electron chi connectivity index (χ0n) is 19.9. The van der Waals surface area contributed by atoms with Gasteiger partial charge in [-0.3, -0.25) is 14.4 Å². The van der Waals surface area contributed by atoms with Gasteiger partial charge in [-0.2, -0.15) is 0 Å². The molecule has 3 atom stereocenters. The first-order valence-electron chi connectivity index (χ1n) is 11.6. The number of nitrogens with zero attached hydrogens (tertiary/aromatic N) is 3. The van der Waals surface area contributed by atoms with Crippen LogP contribution in [0, 0.1) is 17.5 Å². The number of halogens is 3. The number of ether oxygens (including phenoxy) is 1. The predicted octanol–water partition coefficient (Wildman–Crippen LogP) is 2.20. The van der Waals surface area contributed by atoms with Crippen LogP contribution in [0.4, 0.5) is 13.2 Å². The Labute approximate surface area is 208 Å². The van der Waals surface area contributed by atoms with Crippen LogP contribution in [0.15, 0.2) is 28.3 Å². The number of benzene rings is 1. The molecule has 1 saturated heterocycles. The molecule has 0 aliphatic carbocycles. The van der Waals surface area contributed by atoms with Crippen LogP contribution in [-0.4, -0.2) is 57.6 Å². The third-order valence-corrected chi connectivity index (χ3v) is 7.29. The number of carbonyl (C=O) groups is 2. The Morgan fingerprint density at radius 1 is 1.27 bits per heavy atom. The van der Waals surface area contributed by atoms with Gasteiger partial charge in [0.2, 0.25) is 11.3 Å². The van der Waals surface area contributed by atoms with E-state index < -0.39 is 64.2 Å². The van der Waals surface area contributed by atoms with Gasteiger partial charge in [0.05, 0.1) is 19.6 Å². The zero-order chi connectivity index (χ0) is 26.6. The maximum Gasteiger partial charge on any atom is 0.274 e. The summed E-state index contributed by atoms with van der Waals surface area (Å²) in [6.07, 6.45) is 2.45. The fraction of sp³-hybridized carbons (Fsp3) is 0.417. The summed E-state index contributed by atoms with van der Waals surface area (Å²) in [5, 5.41) is 17.1. The first-order valence-corrected chi connectivity index (χ1v) is 11.6. The summed E-state index contributed by atoms with van der Waals surface area (Å²) in [5.74, 6) is -5.92. The molecule has 196 valence electrons. The highest BCUT2D eigenvalue weighted by Gasteiger charge is 2.54. The van der Waals surface area contributed by atoms with Crippen LogP contribution in [0.5, 0.6) is 5.75 Å². The molecule has 10 nitrogen and oxygen atoms in total. The molecule has 0 saturated carbocycles. The van der Waals surface area contributed by atoms with E-state index in [0.717, 1.165) is 6.20 Å². The molecule has 5 rings (SSSR count). The lowest BCUT2D eigenvalue weighted by molar-refractivity contribution is -0.0655. The highest BCUT2D eigenvalue weighted by molar-refractivity contribution is 5.99. The SMILES string of the molecule is COC1=NO[C@@]2(CC[C@H](C)N3C[C@H]2n2cc(C(=O)NCc4cc(F)c(F)cc4F)c(=O)c(O)c2C3=O)C1. The highest BCUT2D eigenvalue weighted by Crippen LogP contribution is 2.46. The van der Waals surface area contributed by atoms with Crippen molar-refractivity contribution in [3.63, 3.8) is 0 Å². The number of amides is 2. The fourth-order valence-corrected chi connectivity index (χ4v) is 5.16. The Kier molecular flexibility index (Phi) is 5.88. The zero-order valence-corrected chi connectivity index (χ0v) is 19.9. The monoisotopic (exact) mass is 520 g/mol. The molecule has 1 spiro atoms. The van der Waals surface area contributed by atoms with Gasteiger partial charge >= 0.3 is 0 Å². The first kappa shape index (κ1) is 24.7. The number of aromatic nitrogens is 1. The summed E-state index contributed by atoms with van der Waals surface area (Å²) < 4.78 is 47.3. The van der Waals surface area contributed by atoms with Gasteiger partial charge in [0.1, 0.15) is 11.4 Å². The van der Waals surface area contributed by atoms with Crippen molar-refractivity contribution in [1.82, 2.24) is 14.8 Å². The van der Waals surface area contributed by atoms with Crippen molar-refractivity contribution >= 4 is 17.7 Å². The average Bonchev–Trinajstić information content (AvgIpc) is 3.25. The third kappa shape index (κ3) is 3.89. The minimum Gasteiger partial charge on any atom is -0.503 e. The molecule has 37 heavy (non-hydrogen) atoms. The van der Waals surface area contributed by atoms with Crippen LogP contribution in [0.1, 0.15) is 58.6 Å². The van der Waals surface area contributed by atoms with Crippen LogP contribution in [0.25, 0.3) is 0 Å². The number of oxime groups is 1. The molecule has 2 bridgehead atoms. The lowest BCUT2D eigenvalue weighted by Crippen LogP contribution is -2.52. The van der Waals surface area contributed by atoms with E-state index in [9.17, 15) is 32.7 Å². The van der Waals surface area contributed by atoms with Crippen molar-refractivity contribution in [3.05, 3.63) is 62.8 Å². The number of methoxy groups -OCH3 is 1. The molecule has 2 amide bonds. The van der Waals surface area contributed by atoms with Gasteiger partial charge in [0.15, 0.2) is 28.7 Å². The van der Waals surface area contributed by atoms with Crippen molar-refractivity contribution in [2.45, 2.75) is 50.4 Å². The van der Waals surface area contributed by atoms with E-state index in [0.29, 0.717) is 30.9 Å². The molecule has 0 unspecified atom stereocenters. The molecule has 1 aromatic heterocycles. The lowest BCUT2D eigenvalue weighted by Gasteiger charge is -2.41. The summed E-state index contributed by atoms with van der Waals surface area (Å²) in [5.41, 5.74) is -3.23. The molecule has 3 aliphatic rings. The van der Waals surface area contributed by atoms with Crippen LogP contribution in [0.3, 0.4) is 0 Å². The topological polar surface area (TPSA) is 122 Å². The van der Waals surface area contributed by atoms with E-state index in [-0.39, 0.29) is 30.3 Å². The molecular weight excluding hydrogens is 497 g/mol. The minimum absolute atomic E-state index is 0.170. The number of carbonyl (C=O) groups excluding carboxylic acids is 2.